The van der Waals surface area contributed by atoms with Crippen LogP contribution in [-0.2, 0) is 16.1 Å². The molecular weight excluding hydrogens is 575 g/mol. The number of amides is 1. The van der Waals surface area contributed by atoms with Gasteiger partial charge in [-0.05, 0) is 37.6 Å². The molecule has 1 saturated carbocycles. The molecule has 1 aliphatic carbocycles. The van der Waals surface area contributed by atoms with E-state index in [4.69, 9.17) is 54.6 Å². The second kappa shape index (κ2) is 12.3. The van der Waals surface area contributed by atoms with E-state index in [0.717, 1.165) is 37.1 Å². The highest BCUT2D eigenvalue weighted by Gasteiger charge is 2.38. The van der Waals surface area contributed by atoms with Gasteiger partial charge in [-0.3, -0.25) is 9.69 Å². The number of benzene rings is 1. The zero-order valence-corrected chi connectivity index (χ0v) is 24.7. The maximum atomic E-state index is 12.0. The van der Waals surface area contributed by atoms with Crippen molar-refractivity contribution in [1.82, 2.24) is 15.3 Å². The number of nitrogens with zero attached hydrogens (tertiary/aromatic N) is 4. The SMILES string of the molecule is C=CC(=O)N[C@H]1CCOC[C@H]1Nc1ncc2c(n1)N(C1CCCC1)C(=S)N(c1c(Cl)c(OC)cc(OC)c1Cl)C2. The molecule has 3 aliphatic rings. The molecule has 2 aliphatic heterocycles. The van der Waals surface area contributed by atoms with E-state index in [1.807, 2.05) is 4.90 Å². The number of thiocarbonyl (C=S) groups is 1. The van der Waals surface area contributed by atoms with Gasteiger partial charge in [0.25, 0.3) is 0 Å². The maximum Gasteiger partial charge on any atom is 0.243 e. The Kier molecular flexibility index (Phi) is 8.84. The molecule has 1 aromatic carbocycles. The van der Waals surface area contributed by atoms with Crippen molar-refractivity contribution in [2.45, 2.75) is 56.8 Å². The summed E-state index contributed by atoms with van der Waals surface area (Å²) in [6.07, 6.45) is 7.90. The second-order valence-electron chi connectivity index (χ2n) is 9.91. The molecule has 1 amide bonds. The van der Waals surface area contributed by atoms with Crippen LogP contribution in [0.25, 0.3) is 0 Å². The van der Waals surface area contributed by atoms with Gasteiger partial charge in [-0.25, -0.2) is 4.98 Å². The number of carbonyl (C=O) groups excluding carboxylic acids is 1. The molecule has 5 rings (SSSR count). The number of rotatable bonds is 8. The van der Waals surface area contributed by atoms with Gasteiger partial charge in [0, 0.05) is 30.5 Å². The van der Waals surface area contributed by atoms with Crippen molar-refractivity contribution < 1.29 is 19.0 Å². The highest BCUT2D eigenvalue weighted by atomic mass is 35.5. The summed E-state index contributed by atoms with van der Waals surface area (Å²) in [5.41, 5.74) is 1.39. The number of ether oxygens (including phenoxy) is 3. The molecule has 1 aromatic heterocycles. The van der Waals surface area contributed by atoms with E-state index in [0.29, 0.717) is 64.5 Å². The van der Waals surface area contributed by atoms with E-state index in [1.165, 1.54) is 6.08 Å². The summed E-state index contributed by atoms with van der Waals surface area (Å²) in [6.45, 7) is 4.89. The van der Waals surface area contributed by atoms with Crippen LogP contribution in [0.5, 0.6) is 11.5 Å². The van der Waals surface area contributed by atoms with Crippen LogP contribution in [0.2, 0.25) is 10.0 Å². The minimum atomic E-state index is -0.227. The van der Waals surface area contributed by atoms with Crippen LogP contribution in [0.15, 0.2) is 24.9 Å². The van der Waals surface area contributed by atoms with Crippen molar-refractivity contribution in [3.8, 4) is 11.5 Å². The summed E-state index contributed by atoms with van der Waals surface area (Å²) in [5, 5.41) is 7.58. The van der Waals surface area contributed by atoms with Gasteiger partial charge >= 0.3 is 0 Å². The molecule has 3 heterocycles. The van der Waals surface area contributed by atoms with E-state index in [9.17, 15) is 4.79 Å². The summed E-state index contributed by atoms with van der Waals surface area (Å²) in [5.74, 6) is 1.82. The fraction of sp³-hybridized carbons (Fsp3) is 0.481. The van der Waals surface area contributed by atoms with E-state index >= 15 is 0 Å². The van der Waals surface area contributed by atoms with E-state index in [2.05, 4.69) is 27.1 Å². The summed E-state index contributed by atoms with van der Waals surface area (Å²) in [4.78, 5) is 25.5. The predicted octanol–water partition coefficient (Wildman–Crippen LogP) is 4.73. The number of anilines is 3. The monoisotopic (exact) mass is 606 g/mol. The zero-order chi connectivity index (χ0) is 28.4. The summed E-state index contributed by atoms with van der Waals surface area (Å²) in [6, 6.07) is 1.47. The molecule has 13 heteroatoms. The number of halogens is 2. The van der Waals surface area contributed by atoms with Crippen molar-refractivity contribution in [1.29, 1.82) is 0 Å². The summed E-state index contributed by atoms with van der Waals surface area (Å²) in [7, 11) is 3.08. The molecule has 10 nitrogen and oxygen atoms in total. The zero-order valence-electron chi connectivity index (χ0n) is 22.4. The van der Waals surface area contributed by atoms with Crippen molar-refractivity contribution in [2.75, 3.05) is 42.5 Å². The molecule has 0 bridgehead atoms. The van der Waals surface area contributed by atoms with Crippen LogP contribution in [0.4, 0.5) is 17.5 Å². The molecule has 0 unspecified atom stereocenters. The normalized spacial score (nSPS) is 21.1. The molecule has 0 spiro atoms. The third-order valence-corrected chi connectivity index (χ3v) is 8.68. The highest BCUT2D eigenvalue weighted by molar-refractivity contribution is 7.80. The van der Waals surface area contributed by atoms with Crippen LogP contribution in [-0.4, -0.2) is 66.5 Å². The Morgan fingerprint density at radius 2 is 1.88 bits per heavy atom. The Labute approximate surface area is 249 Å². The van der Waals surface area contributed by atoms with Gasteiger partial charge in [-0.1, -0.05) is 42.6 Å². The van der Waals surface area contributed by atoms with Crippen molar-refractivity contribution in [2.24, 2.45) is 0 Å². The lowest BCUT2D eigenvalue weighted by Gasteiger charge is -2.42. The number of methoxy groups -OCH3 is 2. The Balaban J connectivity index is 1.51. The fourth-order valence-corrected chi connectivity index (χ4v) is 6.58. The number of hydrogen-bond acceptors (Lipinski definition) is 8. The van der Waals surface area contributed by atoms with Gasteiger partial charge in [0.2, 0.25) is 11.9 Å². The average Bonchev–Trinajstić information content (AvgIpc) is 3.49. The lowest BCUT2D eigenvalue weighted by atomic mass is 10.0. The minimum absolute atomic E-state index is 0.145. The molecule has 0 radical (unpaired) electrons. The van der Waals surface area contributed by atoms with Crippen molar-refractivity contribution in [3.63, 3.8) is 0 Å². The highest BCUT2D eigenvalue weighted by Crippen LogP contribution is 2.48. The Morgan fingerprint density at radius 1 is 1.18 bits per heavy atom. The lowest BCUT2D eigenvalue weighted by molar-refractivity contribution is -0.117. The Hall–Kier alpha value is -2.86. The molecule has 214 valence electrons. The lowest BCUT2D eigenvalue weighted by Crippen LogP contribution is -2.53. The Morgan fingerprint density at radius 3 is 2.52 bits per heavy atom. The third kappa shape index (κ3) is 5.52. The number of nitrogens with one attached hydrogen (secondary N) is 2. The van der Waals surface area contributed by atoms with Crippen LogP contribution >= 0.6 is 35.4 Å². The predicted molar refractivity (Wildman–Crippen MR) is 160 cm³/mol. The van der Waals surface area contributed by atoms with Crippen LogP contribution in [0.3, 0.4) is 0 Å². The minimum Gasteiger partial charge on any atom is -0.495 e. The first kappa shape index (κ1) is 28.7. The molecule has 2 N–H and O–H groups in total. The topological polar surface area (TPSA) is 101 Å². The number of fused-ring (bicyclic) bond motifs is 1. The van der Waals surface area contributed by atoms with Crippen LogP contribution in [0, 0.1) is 0 Å². The van der Waals surface area contributed by atoms with Crippen LogP contribution < -0.4 is 29.9 Å². The maximum absolute atomic E-state index is 12.0. The van der Waals surface area contributed by atoms with Gasteiger partial charge in [0.05, 0.1) is 45.1 Å². The largest absolute Gasteiger partial charge is 0.495 e. The Bertz CT molecular complexity index is 1280. The first-order valence-corrected chi connectivity index (χ1v) is 14.4. The third-order valence-electron chi connectivity index (χ3n) is 7.53. The van der Waals surface area contributed by atoms with Gasteiger partial charge in [0.1, 0.15) is 27.4 Å². The first-order chi connectivity index (χ1) is 19.4. The molecule has 40 heavy (non-hydrogen) atoms. The van der Waals surface area contributed by atoms with Crippen molar-refractivity contribution in [3.05, 3.63) is 40.5 Å². The molecule has 2 fully saturated rings. The first-order valence-electron chi connectivity index (χ1n) is 13.2. The molecule has 2 atom stereocenters. The number of aromatic nitrogens is 2. The standard InChI is InChI=1S/C27H32Cl2N6O4S/c1-4-21(36)31-17-9-10-39-14-18(17)32-26-30-12-15-13-34(24-22(28)19(37-2)11-20(38-3)23(24)29)27(40)35(25(15)33-26)16-7-5-6-8-16/h4,11-12,16-18H,1,5-10,13-14H2,2-3H3,(H,31,36)(H,30,32,33)/t17-,18+/m0/s1. The summed E-state index contributed by atoms with van der Waals surface area (Å²) >= 11 is 19.7. The van der Waals surface area contributed by atoms with E-state index in [1.54, 1.807) is 26.5 Å². The fourth-order valence-electron chi connectivity index (χ4n) is 5.48. The second-order valence-corrected chi connectivity index (χ2v) is 11.0. The quantitative estimate of drug-likeness (QED) is 0.324. The van der Waals surface area contributed by atoms with Gasteiger partial charge in [-0.15, -0.1) is 0 Å². The smallest absolute Gasteiger partial charge is 0.243 e. The van der Waals surface area contributed by atoms with Crippen LogP contribution in [0.1, 0.15) is 37.7 Å². The number of hydrogen-bond donors (Lipinski definition) is 2. The van der Waals surface area contributed by atoms with E-state index < -0.39 is 0 Å². The number of carbonyl (C=O) groups is 1. The van der Waals surface area contributed by atoms with E-state index in [-0.39, 0.29) is 24.0 Å². The van der Waals surface area contributed by atoms with Crippen molar-refractivity contribution >= 4 is 63.9 Å². The molecule has 2 aromatic rings. The van der Waals surface area contributed by atoms with Gasteiger partial charge in [-0.2, -0.15) is 4.98 Å². The molecule has 1 saturated heterocycles. The van der Waals surface area contributed by atoms with Gasteiger partial charge in [0.15, 0.2) is 5.11 Å². The molecular formula is C27H32Cl2N6O4S. The summed E-state index contributed by atoms with van der Waals surface area (Å²) < 4.78 is 16.7. The average molecular weight is 608 g/mol. The van der Waals surface area contributed by atoms with Gasteiger partial charge < -0.3 is 29.7 Å².